The molecule has 0 radical (unpaired) electrons. The Hall–Kier alpha value is -2.86. The number of benzene rings is 1. The van der Waals surface area contributed by atoms with Crippen LogP contribution in [0.4, 0.5) is 5.82 Å². The van der Waals surface area contributed by atoms with E-state index in [0.717, 1.165) is 53.5 Å². The molecule has 2 aromatic heterocycles. The van der Waals surface area contributed by atoms with E-state index < -0.39 is 0 Å². The Morgan fingerprint density at radius 3 is 2.81 bits per heavy atom. The lowest BCUT2D eigenvalue weighted by Gasteiger charge is -2.25. The fourth-order valence-corrected chi connectivity index (χ4v) is 3.49. The number of allylic oxidation sites excluding steroid dienone is 1. The van der Waals surface area contributed by atoms with E-state index in [0.29, 0.717) is 11.7 Å². The average Bonchev–Trinajstić information content (AvgIpc) is 3.08. The summed E-state index contributed by atoms with van der Waals surface area (Å²) in [5, 5.41) is 22.9. The van der Waals surface area contributed by atoms with Crippen LogP contribution in [0.2, 0.25) is 0 Å². The minimum atomic E-state index is 0.0286. The Morgan fingerprint density at radius 2 is 2.08 bits per heavy atom. The first kappa shape index (κ1) is 16.6. The van der Waals surface area contributed by atoms with Gasteiger partial charge in [0, 0.05) is 35.8 Å². The van der Waals surface area contributed by atoms with E-state index in [1.54, 1.807) is 4.68 Å². The molecule has 6 nitrogen and oxygen atoms in total. The number of pyridine rings is 1. The van der Waals surface area contributed by atoms with Gasteiger partial charge in [-0.1, -0.05) is 12.6 Å². The van der Waals surface area contributed by atoms with Crippen molar-refractivity contribution in [3.8, 4) is 17.0 Å². The number of nitrogens with one attached hydrogen (secondary N) is 2. The summed E-state index contributed by atoms with van der Waals surface area (Å²) in [5.41, 5.74) is 3.06. The second kappa shape index (κ2) is 6.80. The molecular formula is C20H23N5O. The van der Waals surface area contributed by atoms with Crippen molar-refractivity contribution in [3.05, 3.63) is 48.9 Å². The Kier molecular flexibility index (Phi) is 4.34. The Bertz CT molecular complexity index is 956. The molecule has 1 saturated heterocycles. The maximum Gasteiger partial charge on any atom is 0.220 e. The second-order valence-corrected chi connectivity index (χ2v) is 6.84. The van der Waals surface area contributed by atoms with E-state index in [4.69, 9.17) is 0 Å². The van der Waals surface area contributed by atoms with Crippen molar-refractivity contribution < 1.29 is 5.11 Å². The van der Waals surface area contributed by atoms with Crippen LogP contribution < -0.4 is 10.6 Å². The molecule has 0 atom stereocenters. The van der Waals surface area contributed by atoms with Crippen LogP contribution in [0, 0.1) is 5.92 Å². The summed E-state index contributed by atoms with van der Waals surface area (Å²) in [6.45, 7) is 6.20. The molecule has 26 heavy (non-hydrogen) atoms. The maximum absolute atomic E-state index is 10.3. The van der Waals surface area contributed by atoms with Gasteiger partial charge in [0.1, 0.15) is 5.82 Å². The standard InChI is InChI=1S/C20H23N5O/c1-13(14-5-7-21-8-6-14)23-19-10-16-9-15(17-11-22-25(2)12-17)3-4-18(16)20(26)24-19/h3-4,9-12,14,21H,1,5-8H2,2H3,(H2,23,24,26). The number of fused-ring (bicyclic) bond motifs is 1. The molecule has 3 N–H and O–H groups in total. The monoisotopic (exact) mass is 349 g/mol. The summed E-state index contributed by atoms with van der Waals surface area (Å²) >= 11 is 0. The van der Waals surface area contributed by atoms with Crippen LogP contribution in [0.1, 0.15) is 12.8 Å². The maximum atomic E-state index is 10.3. The molecule has 1 fully saturated rings. The molecule has 4 rings (SSSR count). The van der Waals surface area contributed by atoms with E-state index in [1.165, 1.54) is 0 Å². The van der Waals surface area contributed by atoms with Crippen LogP contribution in [0.3, 0.4) is 0 Å². The summed E-state index contributed by atoms with van der Waals surface area (Å²) in [5.74, 6) is 1.08. The quantitative estimate of drug-likeness (QED) is 0.674. The molecule has 0 spiro atoms. The van der Waals surface area contributed by atoms with Gasteiger partial charge < -0.3 is 15.7 Å². The zero-order chi connectivity index (χ0) is 18.1. The number of aromatic nitrogens is 3. The zero-order valence-electron chi connectivity index (χ0n) is 14.9. The summed E-state index contributed by atoms with van der Waals surface area (Å²) in [6, 6.07) is 7.88. The van der Waals surface area contributed by atoms with Gasteiger partial charge in [-0.25, -0.2) is 0 Å². The van der Waals surface area contributed by atoms with E-state index >= 15 is 0 Å². The number of anilines is 1. The fraction of sp³-hybridized carbons (Fsp3) is 0.300. The Balaban J connectivity index is 1.64. The summed E-state index contributed by atoms with van der Waals surface area (Å²) < 4.78 is 1.78. The van der Waals surface area contributed by atoms with Gasteiger partial charge in [0.25, 0.3) is 0 Å². The van der Waals surface area contributed by atoms with Crippen molar-refractivity contribution in [3.63, 3.8) is 0 Å². The lowest BCUT2D eigenvalue weighted by Crippen LogP contribution is -2.30. The van der Waals surface area contributed by atoms with Gasteiger partial charge in [-0.2, -0.15) is 10.1 Å². The lowest BCUT2D eigenvalue weighted by molar-refractivity contribution is 0.422. The molecule has 0 saturated carbocycles. The molecule has 3 aromatic rings. The van der Waals surface area contributed by atoms with E-state index in [2.05, 4.69) is 27.3 Å². The minimum absolute atomic E-state index is 0.0286. The number of rotatable bonds is 4. The summed E-state index contributed by atoms with van der Waals surface area (Å²) in [7, 11) is 1.90. The largest absolute Gasteiger partial charge is 0.493 e. The van der Waals surface area contributed by atoms with Crippen molar-refractivity contribution in [2.24, 2.45) is 13.0 Å². The van der Waals surface area contributed by atoms with Gasteiger partial charge in [0.05, 0.1) is 6.20 Å². The number of nitrogens with zero attached hydrogens (tertiary/aromatic N) is 3. The first-order valence-corrected chi connectivity index (χ1v) is 8.89. The highest BCUT2D eigenvalue weighted by atomic mass is 16.3. The normalized spacial score (nSPS) is 15.3. The SMILES string of the molecule is C=C(Nc1cc2cc(-c3cnn(C)c3)ccc2c(O)n1)C1CCNCC1. The third-order valence-electron chi connectivity index (χ3n) is 4.97. The topological polar surface area (TPSA) is 75.0 Å². The number of hydrogen-bond acceptors (Lipinski definition) is 5. The first-order valence-electron chi connectivity index (χ1n) is 8.89. The second-order valence-electron chi connectivity index (χ2n) is 6.84. The average molecular weight is 349 g/mol. The van der Waals surface area contributed by atoms with Crippen molar-refractivity contribution >= 4 is 16.6 Å². The minimum Gasteiger partial charge on any atom is -0.493 e. The molecular weight excluding hydrogens is 326 g/mol. The number of aryl methyl sites for hydroxylation is 1. The van der Waals surface area contributed by atoms with Gasteiger partial charge in [-0.15, -0.1) is 0 Å². The van der Waals surface area contributed by atoms with Crippen LogP contribution >= 0.6 is 0 Å². The summed E-state index contributed by atoms with van der Waals surface area (Å²) in [4.78, 5) is 4.29. The van der Waals surface area contributed by atoms with Crippen molar-refractivity contribution in [2.75, 3.05) is 18.4 Å². The fourth-order valence-electron chi connectivity index (χ4n) is 3.49. The predicted molar refractivity (Wildman–Crippen MR) is 104 cm³/mol. The third-order valence-corrected chi connectivity index (χ3v) is 4.97. The molecule has 1 aliphatic rings. The van der Waals surface area contributed by atoms with Crippen LogP contribution in [0.15, 0.2) is 48.9 Å². The number of aromatic hydroxyl groups is 1. The van der Waals surface area contributed by atoms with Crippen molar-refractivity contribution in [1.29, 1.82) is 0 Å². The molecule has 1 aliphatic heterocycles. The molecule has 1 aromatic carbocycles. The van der Waals surface area contributed by atoms with Crippen molar-refractivity contribution in [1.82, 2.24) is 20.1 Å². The first-order chi connectivity index (χ1) is 12.6. The number of hydrogen-bond donors (Lipinski definition) is 3. The molecule has 134 valence electrons. The van der Waals surface area contributed by atoms with Gasteiger partial charge in [-0.05, 0) is 55.1 Å². The van der Waals surface area contributed by atoms with Crippen LogP contribution in [0.25, 0.3) is 21.9 Å². The Morgan fingerprint density at radius 1 is 1.27 bits per heavy atom. The molecule has 6 heteroatoms. The van der Waals surface area contributed by atoms with Crippen molar-refractivity contribution in [2.45, 2.75) is 12.8 Å². The lowest BCUT2D eigenvalue weighted by atomic mass is 9.95. The zero-order valence-corrected chi connectivity index (χ0v) is 14.9. The van der Waals surface area contributed by atoms with Crippen LogP contribution in [-0.4, -0.2) is 33.0 Å². The highest BCUT2D eigenvalue weighted by Gasteiger charge is 2.17. The van der Waals surface area contributed by atoms with Crippen LogP contribution in [0.5, 0.6) is 5.88 Å². The highest BCUT2D eigenvalue weighted by molar-refractivity contribution is 5.92. The molecule has 0 unspecified atom stereocenters. The van der Waals surface area contributed by atoms with Crippen LogP contribution in [-0.2, 0) is 7.05 Å². The Labute approximate surface area is 152 Å². The van der Waals surface area contributed by atoms with Gasteiger partial charge in [0.15, 0.2) is 0 Å². The summed E-state index contributed by atoms with van der Waals surface area (Å²) in [6.07, 6.45) is 5.94. The van der Waals surface area contributed by atoms with Gasteiger partial charge >= 0.3 is 0 Å². The van der Waals surface area contributed by atoms with E-state index in [-0.39, 0.29) is 5.88 Å². The highest BCUT2D eigenvalue weighted by Crippen LogP contribution is 2.31. The molecule has 0 amide bonds. The molecule has 0 bridgehead atoms. The molecule has 3 heterocycles. The van der Waals surface area contributed by atoms with Gasteiger partial charge in [0.2, 0.25) is 5.88 Å². The molecule has 0 aliphatic carbocycles. The van der Waals surface area contributed by atoms with Gasteiger partial charge in [-0.3, -0.25) is 4.68 Å². The predicted octanol–water partition coefficient (Wildman–Crippen LogP) is 3.27. The smallest absolute Gasteiger partial charge is 0.220 e. The van der Waals surface area contributed by atoms with E-state index in [9.17, 15) is 5.11 Å². The third kappa shape index (κ3) is 3.28. The number of piperidine rings is 1. The van der Waals surface area contributed by atoms with E-state index in [1.807, 2.05) is 43.7 Å².